The first kappa shape index (κ1) is 13.3. The van der Waals surface area contributed by atoms with Gasteiger partial charge in [0.15, 0.2) is 17.4 Å². The van der Waals surface area contributed by atoms with Crippen LogP contribution in [0.1, 0.15) is 5.56 Å². The van der Waals surface area contributed by atoms with Gasteiger partial charge in [0.1, 0.15) is 5.82 Å². The number of aryl methyl sites for hydroxylation is 1. The first-order valence-corrected chi connectivity index (χ1v) is 6.47. The summed E-state index contributed by atoms with van der Waals surface area (Å²) in [5.41, 5.74) is 8.47. The van der Waals surface area contributed by atoms with E-state index >= 15 is 0 Å². The Morgan fingerprint density at radius 3 is 2.71 bits per heavy atom. The van der Waals surface area contributed by atoms with Crippen LogP contribution in [0.15, 0.2) is 36.4 Å². The van der Waals surface area contributed by atoms with E-state index in [0.717, 1.165) is 16.5 Å². The summed E-state index contributed by atoms with van der Waals surface area (Å²) in [5, 5.41) is 0.813. The highest BCUT2D eigenvalue weighted by Gasteiger charge is 2.11. The lowest BCUT2D eigenvalue weighted by Crippen LogP contribution is -1.99. The second-order valence-electron chi connectivity index (χ2n) is 4.75. The zero-order valence-electron chi connectivity index (χ0n) is 11.7. The Bertz CT molecular complexity index is 833. The molecule has 1 aromatic heterocycles. The van der Waals surface area contributed by atoms with Crippen molar-refractivity contribution in [3.8, 4) is 17.1 Å². The van der Waals surface area contributed by atoms with Crippen LogP contribution in [0.3, 0.4) is 0 Å². The lowest BCUT2D eigenvalue weighted by atomic mass is 10.1. The smallest absolute Gasteiger partial charge is 0.165 e. The molecule has 5 heteroatoms. The average molecular weight is 283 g/mol. The van der Waals surface area contributed by atoms with E-state index in [1.165, 1.54) is 13.2 Å². The summed E-state index contributed by atoms with van der Waals surface area (Å²) in [6.45, 7) is 1.96. The van der Waals surface area contributed by atoms with Gasteiger partial charge in [-0.25, -0.2) is 14.4 Å². The van der Waals surface area contributed by atoms with E-state index in [4.69, 9.17) is 10.5 Å². The maximum atomic E-state index is 13.5. The summed E-state index contributed by atoms with van der Waals surface area (Å²) in [6.07, 6.45) is 0. The number of benzene rings is 2. The van der Waals surface area contributed by atoms with E-state index in [1.54, 1.807) is 12.1 Å². The number of methoxy groups -OCH3 is 1. The van der Waals surface area contributed by atoms with Crippen molar-refractivity contribution >= 4 is 16.7 Å². The van der Waals surface area contributed by atoms with Gasteiger partial charge in [-0.1, -0.05) is 12.1 Å². The van der Waals surface area contributed by atoms with Gasteiger partial charge in [0.05, 0.1) is 12.6 Å². The first-order chi connectivity index (χ1) is 10.1. The number of aromatic nitrogens is 2. The fraction of sp³-hybridized carbons (Fsp3) is 0.125. The Balaban J connectivity index is 2.23. The summed E-state index contributed by atoms with van der Waals surface area (Å²) < 4.78 is 18.5. The maximum absolute atomic E-state index is 13.5. The molecule has 0 bridgehead atoms. The number of fused-ring (bicyclic) bond motifs is 1. The summed E-state index contributed by atoms with van der Waals surface area (Å²) in [6, 6.07) is 10.3. The van der Waals surface area contributed by atoms with Crippen molar-refractivity contribution in [2.45, 2.75) is 6.92 Å². The van der Waals surface area contributed by atoms with E-state index in [1.807, 2.05) is 25.1 Å². The lowest BCUT2D eigenvalue weighted by molar-refractivity contribution is 0.387. The van der Waals surface area contributed by atoms with Crippen LogP contribution in [0, 0.1) is 12.7 Å². The Morgan fingerprint density at radius 1 is 1.14 bits per heavy atom. The minimum atomic E-state index is -0.425. The van der Waals surface area contributed by atoms with E-state index in [-0.39, 0.29) is 5.75 Å². The van der Waals surface area contributed by atoms with Gasteiger partial charge in [-0.2, -0.15) is 0 Å². The highest BCUT2D eigenvalue weighted by molar-refractivity contribution is 5.91. The summed E-state index contributed by atoms with van der Waals surface area (Å²) in [5.74, 6) is 0.584. The van der Waals surface area contributed by atoms with E-state index in [0.29, 0.717) is 17.2 Å². The molecule has 0 atom stereocenters. The Kier molecular flexibility index (Phi) is 3.17. The minimum absolute atomic E-state index is 0.152. The molecule has 1 heterocycles. The second kappa shape index (κ2) is 5.01. The van der Waals surface area contributed by atoms with Gasteiger partial charge in [0, 0.05) is 10.9 Å². The largest absolute Gasteiger partial charge is 0.494 e. The molecule has 0 saturated heterocycles. The molecule has 3 rings (SSSR count). The number of rotatable bonds is 2. The summed E-state index contributed by atoms with van der Waals surface area (Å²) in [7, 11) is 1.42. The molecule has 0 aliphatic rings. The Morgan fingerprint density at radius 2 is 1.95 bits per heavy atom. The number of halogens is 1. The van der Waals surface area contributed by atoms with E-state index < -0.39 is 5.82 Å². The molecule has 0 aliphatic carbocycles. The molecule has 0 amide bonds. The Labute approximate surface area is 121 Å². The topological polar surface area (TPSA) is 61.0 Å². The fourth-order valence-corrected chi connectivity index (χ4v) is 2.25. The highest BCUT2D eigenvalue weighted by atomic mass is 19.1. The van der Waals surface area contributed by atoms with Crippen molar-refractivity contribution in [1.82, 2.24) is 9.97 Å². The molecule has 2 aromatic carbocycles. The molecule has 106 valence electrons. The highest BCUT2D eigenvalue weighted by Crippen LogP contribution is 2.28. The molecule has 2 N–H and O–H groups in total. The number of nitrogens with two attached hydrogens (primary N) is 1. The van der Waals surface area contributed by atoms with Crippen LogP contribution in [0.5, 0.6) is 5.75 Å². The zero-order chi connectivity index (χ0) is 15.0. The van der Waals surface area contributed by atoms with E-state index in [2.05, 4.69) is 9.97 Å². The molecule has 0 fully saturated rings. The number of ether oxygens (including phenoxy) is 1. The quantitative estimate of drug-likeness (QED) is 0.783. The number of anilines is 1. The molecule has 0 unspecified atom stereocenters. The average Bonchev–Trinajstić information content (AvgIpc) is 2.48. The van der Waals surface area contributed by atoms with Gasteiger partial charge in [-0.05, 0) is 36.8 Å². The number of hydrogen-bond donors (Lipinski definition) is 1. The zero-order valence-corrected chi connectivity index (χ0v) is 11.7. The first-order valence-electron chi connectivity index (χ1n) is 6.47. The minimum Gasteiger partial charge on any atom is -0.494 e. The van der Waals surface area contributed by atoms with Crippen LogP contribution in [0.2, 0.25) is 0 Å². The molecule has 0 aliphatic heterocycles. The monoisotopic (exact) mass is 283 g/mol. The van der Waals surface area contributed by atoms with Crippen molar-refractivity contribution in [2.75, 3.05) is 12.8 Å². The molecular weight excluding hydrogens is 269 g/mol. The molecule has 4 nitrogen and oxygen atoms in total. The normalized spacial score (nSPS) is 10.8. The maximum Gasteiger partial charge on any atom is 0.165 e. The van der Waals surface area contributed by atoms with Crippen molar-refractivity contribution in [3.63, 3.8) is 0 Å². The number of nitrogens with zero attached hydrogens (tertiary/aromatic N) is 2. The van der Waals surface area contributed by atoms with Crippen LogP contribution < -0.4 is 10.5 Å². The third-order valence-electron chi connectivity index (χ3n) is 3.37. The van der Waals surface area contributed by atoms with Gasteiger partial charge in [-0.15, -0.1) is 0 Å². The van der Waals surface area contributed by atoms with E-state index in [9.17, 15) is 4.39 Å². The van der Waals surface area contributed by atoms with Crippen LogP contribution in [-0.4, -0.2) is 17.1 Å². The molecule has 0 radical (unpaired) electrons. The van der Waals surface area contributed by atoms with Crippen molar-refractivity contribution in [3.05, 3.63) is 47.8 Å². The van der Waals surface area contributed by atoms with Crippen molar-refractivity contribution in [2.24, 2.45) is 0 Å². The van der Waals surface area contributed by atoms with Gasteiger partial charge in [0.2, 0.25) is 0 Å². The van der Waals surface area contributed by atoms with Gasteiger partial charge in [0.25, 0.3) is 0 Å². The van der Waals surface area contributed by atoms with Gasteiger partial charge >= 0.3 is 0 Å². The second-order valence-corrected chi connectivity index (χ2v) is 4.75. The number of para-hydroxylation sites is 1. The van der Waals surface area contributed by atoms with Crippen LogP contribution in [0.25, 0.3) is 22.3 Å². The third-order valence-corrected chi connectivity index (χ3v) is 3.37. The predicted molar refractivity (Wildman–Crippen MR) is 80.6 cm³/mol. The molecule has 3 aromatic rings. The number of hydrogen-bond acceptors (Lipinski definition) is 4. The van der Waals surface area contributed by atoms with Crippen LogP contribution in [-0.2, 0) is 0 Å². The Hall–Kier alpha value is -2.69. The van der Waals surface area contributed by atoms with Gasteiger partial charge in [-0.3, -0.25) is 0 Å². The molecule has 0 saturated carbocycles. The molecule has 21 heavy (non-hydrogen) atoms. The van der Waals surface area contributed by atoms with Gasteiger partial charge < -0.3 is 10.5 Å². The summed E-state index contributed by atoms with van der Waals surface area (Å²) in [4.78, 5) is 8.85. The van der Waals surface area contributed by atoms with Crippen molar-refractivity contribution < 1.29 is 9.13 Å². The SMILES string of the molecule is COc1cc(-c2nc(N)c3cccc(C)c3n2)ccc1F. The van der Waals surface area contributed by atoms with Crippen molar-refractivity contribution in [1.29, 1.82) is 0 Å². The van der Waals surface area contributed by atoms with Crippen LogP contribution >= 0.6 is 0 Å². The molecule has 0 spiro atoms. The lowest BCUT2D eigenvalue weighted by Gasteiger charge is -2.09. The number of nitrogen functional groups attached to an aromatic ring is 1. The fourth-order valence-electron chi connectivity index (χ4n) is 2.25. The molecular formula is C16H14FN3O. The van der Waals surface area contributed by atoms with Crippen LogP contribution in [0.4, 0.5) is 10.2 Å². The predicted octanol–water partition coefficient (Wildman–Crippen LogP) is 3.34. The summed E-state index contributed by atoms with van der Waals surface area (Å²) >= 11 is 0. The third kappa shape index (κ3) is 2.27. The standard InChI is InChI=1S/C16H14FN3O/c1-9-4-3-5-11-14(9)19-16(20-15(11)18)10-6-7-12(17)13(8-10)21-2/h3-8H,1-2H3,(H2,18,19,20).